The zero-order valence-corrected chi connectivity index (χ0v) is 13.4. The number of likely N-dealkylation sites (tertiary alicyclic amines) is 1. The van der Waals surface area contributed by atoms with E-state index in [-0.39, 0.29) is 0 Å². The van der Waals surface area contributed by atoms with E-state index < -0.39 is 21.5 Å². The molecule has 0 radical (unpaired) electrons. The number of hydrogen-bond donors (Lipinski definition) is 0. The van der Waals surface area contributed by atoms with Gasteiger partial charge < -0.3 is 17.7 Å². The van der Waals surface area contributed by atoms with Crippen molar-refractivity contribution in [1.82, 2.24) is 0 Å². The van der Waals surface area contributed by atoms with E-state index in [1.54, 1.807) is 7.11 Å². The Kier molecular flexibility index (Phi) is 7.23. The molecule has 0 bridgehead atoms. The molecule has 0 spiro atoms. The van der Waals surface area contributed by atoms with Gasteiger partial charge in [-0.2, -0.15) is 13.2 Å². The topological polar surface area (TPSA) is 43.4 Å². The molecular weight excluding hydrogens is 339 g/mol. The summed E-state index contributed by atoms with van der Waals surface area (Å²) < 4.78 is 91.7. The van der Waals surface area contributed by atoms with E-state index in [0.717, 1.165) is 12.8 Å². The molecule has 1 saturated heterocycles. The van der Waals surface area contributed by atoms with Crippen molar-refractivity contribution >= 4 is 15.9 Å². The van der Waals surface area contributed by atoms with Gasteiger partial charge in [0.2, 0.25) is 9.69 Å². The van der Waals surface area contributed by atoms with Crippen molar-refractivity contribution in [3.63, 3.8) is 0 Å². The van der Waals surface area contributed by atoms with Crippen LogP contribution in [-0.2, 0) is 14.4 Å². The van der Waals surface area contributed by atoms with Gasteiger partial charge in [-0.15, -0.1) is 0 Å². The predicted octanol–water partition coefficient (Wildman–Crippen LogP) is 2.87. The molecule has 1 heterocycles. The third-order valence-electron chi connectivity index (χ3n) is 3.61. The van der Waals surface area contributed by atoms with Gasteiger partial charge >= 0.3 is 11.8 Å². The van der Waals surface area contributed by atoms with Crippen LogP contribution in [0.5, 0.6) is 0 Å². The number of nitrogens with zero attached hydrogens (tertiary/aromatic N) is 1. The van der Waals surface area contributed by atoms with Crippen LogP contribution in [-0.4, -0.2) is 57.6 Å². The standard InChI is InChI=1S/C9H20NO.CBF6O2S/c1-9(2)10(8-11-3)6-4-5-7-10;3-1(4,5)11(9,10)2(6,7)8/h9H,4-8H2,1-3H3;/q+1;-1. The Hall–Kier alpha value is -0.485. The fraction of sp³-hybridized carbons (Fsp3) is 1.00. The highest BCUT2D eigenvalue weighted by atomic mass is 32.2. The molecule has 0 saturated carbocycles. The second-order valence-electron chi connectivity index (χ2n) is 5.39. The second-order valence-corrected chi connectivity index (χ2v) is 7.48. The van der Waals surface area contributed by atoms with Crippen LogP contribution in [0.3, 0.4) is 0 Å². The largest absolute Gasteiger partial charge is 0.616 e. The summed E-state index contributed by atoms with van der Waals surface area (Å²) in [6.45, 7) is 8.11. The van der Waals surface area contributed by atoms with Crippen molar-refractivity contribution in [3.05, 3.63) is 0 Å². The minimum atomic E-state index is -6.95. The summed E-state index contributed by atoms with van der Waals surface area (Å²) in [6.07, 6.45) is -4.15. The third kappa shape index (κ3) is 5.02. The van der Waals surface area contributed by atoms with E-state index in [0.29, 0.717) is 0 Å². The SMILES string of the molecule is COC[N+]1(C(C)C)CCCC1.O=S(=O)([B-](F)(F)F)C(F)(F)F. The van der Waals surface area contributed by atoms with Crippen molar-refractivity contribution in [2.24, 2.45) is 0 Å². The summed E-state index contributed by atoms with van der Waals surface area (Å²) in [4.78, 5) is 0. The number of rotatable bonds is 4. The van der Waals surface area contributed by atoms with Gasteiger partial charge in [0.1, 0.15) is 0 Å². The first-order chi connectivity index (χ1) is 9.71. The van der Waals surface area contributed by atoms with E-state index >= 15 is 0 Å². The average Bonchev–Trinajstić information content (AvgIpc) is 2.77. The first-order valence-corrected chi connectivity index (χ1v) is 8.10. The van der Waals surface area contributed by atoms with E-state index in [9.17, 15) is 34.5 Å². The minimum Gasteiger partial charge on any atom is -0.436 e. The summed E-state index contributed by atoms with van der Waals surface area (Å²) in [5, 5.41) is 0. The predicted molar refractivity (Wildman–Crippen MR) is 70.3 cm³/mol. The number of hydrogen-bond acceptors (Lipinski definition) is 3. The van der Waals surface area contributed by atoms with Crippen molar-refractivity contribution in [3.8, 4) is 0 Å². The Labute approximate surface area is 125 Å². The lowest BCUT2D eigenvalue weighted by atomic mass is 10.3. The maximum absolute atomic E-state index is 11.1. The molecule has 1 aliphatic rings. The van der Waals surface area contributed by atoms with Crippen LogP contribution >= 0.6 is 0 Å². The fourth-order valence-electron chi connectivity index (χ4n) is 2.17. The van der Waals surface area contributed by atoms with E-state index in [1.165, 1.54) is 30.4 Å². The molecule has 0 aliphatic carbocycles. The van der Waals surface area contributed by atoms with Crippen molar-refractivity contribution in [2.45, 2.75) is 38.2 Å². The second kappa shape index (κ2) is 7.39. The van der Waals surface area contributed by atoms with Crippen LogP contribution in [0.2, 0.25) is 0 Å². The van der Waals surface area contributed by atoms with Gasteiger partial charge in [-0.25, -0.2) is 0 Å². The van der Waals surface area contributed by atoms with E-state index in [2.05, 4.69) is 13.8 Å². The highest BCUT2D eigenvalue weighted by molar-refractivity contribution is 8.20. The molecule has 12 heteroatoms. The molecule has 0 unspecified atom stereocenters. The summed E-state index contributed by atoms with van der Waals surface area (Å²) in [7, 11) is -5.15. The van der Waals surface area contributed by atoms with E-state index in [1.807, 2.05) is 0 Å². The molecule has 22 heavy (non-hydrogen) atoms. The molecule has 1 aliphatic heterocycles. The van der Waals surface area contributed by atoms with Crippen LogP contribution < -0.4 is 0 Å². The molecule has 134 valence electrons. The molecule has 0 N–H and O–H groups in total. The zero-order valence-electron chi connectivity index (χ0n) is 12.5. The first kappa shape index (κ1) is 21.5. The Bertz CT molecular complexity index is 423. The van der Waals surface area contributed by atoms with Gasteiger partial charge in [-0.05, 0) is 13.8 Å². The minimum absolute atomic E-state index is 0.720. The van der Waals surface area contributed by atoms with Gasteiger partial charge in [0.15, 0.2) is 6.73 Å². The normalized spacial score (nSPS) is 19.0. The highest BCUT2D eigenvalue weighted by Crippen LogP contribution is 2.33. The van der Waals surface area contributed by atoms with Gasteiger partial charge in [-0.1, -0.05) is 0 Å². The van der Waals surface area contributed by atoms with Crippen LogP contribution in [0.25, 0.3) is 0 Å². The summed E-state index contributed by atoms with van der Waals surface area (Å²) in [5.41, 5.74) is -6.24. The van der Waals surface area contributed by atoms with Gasteiger partial charge in [0.25, 0.3) is 0 Å². The fourth-order valence-corrected chi connectivity index (χ4v) is 2.47. The molecule has 1 rings (SSSR count). The molecule has 0 aromatic heterocycles. The maximum Gasteiger partial charge on any atom is 0.616 e. The van der Waals surface area contributed by atoms with Crippen molar-refractivity contribution in [2.75, 3.05) is 26.9 Å². The molecule has 1 fully saturated rings. The molecule has 0 aromatic carbocycles. The van der Waals surface area contributed by atoms with Crippen LogP contribution in [0.1, 0.15) is 26.7 Å². The number of alkyl halides is 3. The molecule has 0 aromatic rings. The Morgan fingerprint density at radius 2 is 1.55 bits per heavy atom. The smallest absolute Gasteiger partial charge is 0.436 e. The van der Waals surface area contributed by atoms with Crippen LogP contribution in [0.4, 0.5) is 26.1 Å². The zero-order chi connectivity index (χ0) is 17.8. The molecular formula is C10H20BF6NO3S. The lowest BCUT2D eigenvalue weighted by Gasteiger charge is -2.37. The number of halogens is 6. The highest BCUT2D eigenvalue weighted by Gasteiger charge is 2.58. The average molecular weight is 359 g/mol. The summed E-state index contributed by atoms with van der Waals surface area (Å²) in [6, 6.07) is 0.720. The monoisotopic (exact) mass is 359 g/mol. The Morgan fingerprint density at radius 3 is 1.73 bits per heavy atom. The van der Waals surface area contributed by atoms with E-state index in [4.69, 9.17) is 4.74 Å². The summed E-state index contributed by atoms with van der Waals surface area (Å²) in [5.74, 6) is 0. The van der Waals surface area contributed by atoms with Crippen molar-refractivity contribution < 1.29 is 43.8 Å². The first-order valence-electron chi connectivity index (χ1n) is 6.55. The maximum atomic E-state index is 11.1. The van der Waals surface area contributed by atoms with Gasteiger partial charge in [0, 0.05) is 20.0 Å². The number of quaternary nitrogens is 1. The Balaban J connectivity index is 0.000000401. The molecule has 4 nitrogen and oxygen atoms in total. The number of methoxy groups -OCH3 is 1. The van der Waals surface area contributed by atoms with Crippen molar-refractivity contribution in [1.29, 1.82) is 0 Å². The third-order valence-corrected chi connectivity index (χ3v) is 4.96. The lowest BCUT2D eigenvalue weighted by molar-refractivity contribution is -0.953. The molecule has 0 atom stereocenters. The van der Waals surface area contributed by atoms with Crippen LogP contribution in [0.15, 0.2) is 0 Å². The van der Waals surface area contributed by atoms with Gasteiger partial charge in [0.05, 0.1) is 19.1 Å². The molecule has 0 amide bonds. The summed E-state index contributed by atoms with van der Waals surface area (Å²) >= 11 is 0. The number of ether oxygens (including phenoxy) is 1. The van der Waals surface area contributed by atoms with Gasteiger partial charge in [-0.3, -0.25) is 12.9 Å². The quantitative estimate of drug-likeness (QED) is 0.441. The lowest BCUT2D eigenvalue weighted by Crippen LogP contribution is -2.51. The Morgan fingerprint density at radius 1 is 1.14 bits per heavy atom. The van der Waals surface area contributed by atoms with Crippen LogP contribution in [0, 0.1) is 0 Å².